The maximum atomic E-state index is 10.1. The molecule has 1 aliphatic rings. The van der Waals surface area contributed by atoms with Gasteiger partial charge >= 0.3 is 0 Å². The van der Waals surface area contributed by atoms with E-state index < -0.39 is 0 Å². The molecule has 1 aromatic heterocycles. The Morgan fingerprint density at radius 3 is 2.40 bits per heavy atom. The standard InChI is InChI=1S/C9H12N2O2.C7H14/c1-7(2)13-8-3-4-9(10-5-8)11-6-12;1-7-5-3-2-4-6-7/h3-7H,1-2H3,(H,10,11,12);7H,2-6H2,1H3. The van der Waals surface area contributed by atoms with E-state index in [1.165, 1.54) is 32.1 Å². The quantitative estimate of drug-likeness (QED) is 0.846. The summed E-state index contributed by atoms with van der Waals surface area (Å²) in [6.45, 7) is 6.24. The lowest BCUT2D eigenvalue weighted by atomic mass is 9.91. The van der Waals surface area contributed by atoms with Crippen molar-refractivity contribution in [1.82, 2.24) is 4.98 Å². The van der Waals surface area contributed by atoms with Gasteiger partial charge in [0, 0.05) is 0 Å². The molecule has 4 heteroatoms. The second-order valence-corrected chi connectivity index (χ2v) is 5.55. The van der Waals surface area contributed by atoms with Gasteiger partial charge < -0.3 is 10.1 Å². The first-order valence-electron chi connectivity index (χ1n) is 7.44. The first-order chi connectivity index (χ1) is 9.61. The molecule has 1 fully saturated rings. The first kappa shape index (κ1) is 16.5. The Bertz CT molecular complexity index is 371. The molecule has 1 N–H and O–H groups in total. The molecule has 112 valence electrons. The molecule has 0 spiro atoms. The Morgan fingerprint density at radius 2 is 2.00 bits per heavy atom. The Kier molecular flexibility index (Phi) is 7.70. The van der Waals surface area contributed by atoms with E-state index >= 15 is 0 Å². The van der Waals surface area contributed by atoms with Crippen LogP contribution >= 0.6 is 0 Å². The van der Waals surface area contributed by atoms with Crippen molar-refractivity contribution >= 4 is 12.2 Å². The maximum absolute atomic E-state index is 10.1. The Hall–Kier alpha value is -1.58. The lowest BCUT2D eigenvalue weighted by Gasteiger charge is -2.15. The van der Waals surface area contributed by atoms with E-state index in [-0.39, 0.29) is 6.10 Å². The summed E-state index contributed by atoms with van der Waals surface area (Å²) in [5.74, 6) is 2.26. The molecule has 0 aromatic carbocycles. The van der Waals surface area contributed by atoms with Crippen molar-refractivity contribution in [2.24, 2.45) is 5.92 Å². The summed E-state index contributed by atoms with van der Waals surface area (Å²) in [7, 11) is 0. The van der Waals surface area contributed by atoms with Gasteiger partial charge in [0.05, 0.1) is 12.3 Å². The fourth-order valence-electron chi connectivity index (χ4n) is 2.17. The highest BCUT2D eigenvalue weighted by atomic mass is 16.5. The van der Waals surface area contributed by atoms with Crippen LogP contribution < -0.4 is 10.1 Å². The molecular formula is C16H26N2O2. The molecular weight excluding hydrogens is 252 g/mol. The third-order valence-electron chi connectivity index (χ3n) is 3.21. The topological polar surface area (TPSA) is 51.2 Å². The predicted octanol–water partition coefficient (Wildman–Crippen LogP) is 4.02. The van der Waals surface area contributed by atoms with Crippen LogP contribution in [0.1, 0.15) is 52.9 Å². The van der Waals surface area contributed by atoms with Gasteiger partial charge in [0.25, 0.3) is 0 Å². The molecule has 0 radical (unpaired) electrons. The normalized spacial score (nSPS) is 15.2. The number of pyridine rings is 1. The van der Waals surface area contributed by atoms with Gasteiger partial charge in [-0.1, -0.05) is 39.0 Å². The number of ether oxygens (including phenoxy) is 1. The van der Waals surface area contributed by atoms with Gasteiger partial charge in [-0.05, 0) is 31.9 Å². The van der Waals surface area contributed by atoms with Crippen LogP contribution in [0.15, 0.2) is 18.3 Å². The fourth-order valence-corrected chi connectivity index (χ4v) is 2.17. The van der Waals surface area contributed by atoms with Gasteiger partial charge in [-0.3, -0.25) is 4.79 Å². The van der Waals surface area contributed by atoms with Crippen molar-refractivity contribution in [3.05, 3.63) is 18.3 Å². The Labute approximate surface area is 121 Å². The Balaban J connectivity index is 0.000000240. The van der Waals surface area contributed by atoms with Gasteiger partial charge in [-0.25, -0.2) is 4.98 Å². The van der Waals surface area contributed by atoms with Crippen LogP contribution in [0.5, 0.6) is 5.75 Å². The summed E-state index contributed by atoms with van der Waals surface area (Å²) in [5.41, 5.74) is 0. The summed E-state index contributed by atoms with van der Waals surface area (Å²) in [4.78, 5) is 14.0. The number of hydrogen-bond donors (Lipinski definition) is 1. The van der Waals surface area contributed by atoms with E-state index in [1.54, 1.807) is 18.3 Å². The van der Waals surface area contributed by atoms with Crippen molar-refractivity contribution in [2.45, 2.75) is 59.0 Å². The van der Waals surface area contributed by atoms with Crippen molar-refractivity contribution < 1.29 is 9.53 Å². The summed E-state index contributed by atoms with van der Waals surface area (Å²) >= 11 is 0. The van der Waals surface area contributed by atoms with Crippen molar-refractivity contribution in [3.8, 4) is 5.75 Å². The highest BCUT2D eigenvalue weighted by Crippen LogP contribution is 2.22. The number of amides is 1. The van der Waals surface area contributed by atoms with Gasteiger partial charge in [-0.2, -0.15) is 0 Å². The maximum Gasteiger partial charge on any atom is 0.212 e. The van der Waals surface area contributed by atoms with E-state index in [2.05, 4.69) is 17.2 Å². The predicted molar refractivity (Wildman–Crippen MR) is 81.9 cm³/mol. The molecule has 1 aromatic rings. The largest absolute Gasteiger partial charge is 0.489 e. The number of rotatable bonds is 4. The van der Waals surface area contributed by atoms with Crippen molar-refractivity contribution in [1.29, 1.82) is 0 Å². The second-order valence-electron chi connectivity index (χ2n) is 5.55. The number of nitrogens with one attached hydrogen (secondary N) is 1. The van der Waals surface area contributed by atoms with E-state index in [9.17, 15) is 4.79 Å². The molecule has 4 nitrogen and oxygen atoms in total. The number of aromatic nitrogens is 1. The average Bonchev–Trinajstić information content (AvgIpc) is 2.42. The van der Waals surface area contributed by atoms with Crippen LogP contribution in [0.25, 0.3) is 0 Å². The molecule has 0 atom stereocenters. The first-order valence-corrected chi connectivity index (χ1v) is 7.44. The van der Waals surface area contributed by atoms with Crippen LogP contribution in [0.4, 0.5) is 5.82 Å². The second kappa shape index (κ2) is 9.34. The van der Waals surface area contributed by atoms with Gasteiger partial charge in [0.15, 0.2) is 0 Å². The number of hydrogen-bond acceptors (Lipinski definition) is 3. The third kappa shape index (κ3) is 7.12. The van der Waals surface area contributed by atoms with Crippen LogP contribution in [0, 0.1) is 5.92 Å². The van der Waals surface area contributed by atoms with Gasteiger partial charge in [-0.15, -0.1) is 0 Å². The smallest absolute Gasteiger partial charge is 0.212 e. The summed E-state index contributed by atoms with van der Waals surface area (Å²) < 4.78 is 5.37. The fraction of sp³-hybridized carbons (Fsp3) is 0.625. The highest BCUT2D eigenvalue weighted by Gasteiger charge is 2.05. The van der Waals surface area contributed by atoms with Gasteiger partial charge in [0.1, 0.15) is 11.6 Å². The summed E-state index contributed by atoms with van der Waals surface area (Å²) in [5, 5.41) is 2.44. The monoisotopic (exact) mass is 278 g/mol. The minimum Gasteiger partial charge on any atom is -0.489 e. The molecule has 0 aliphatic heterocycles. The zero-order chi connectivity index (χ0) is 14.8. The molecule has 1 saturated carbocycles. The summed E-state index contributed by atoms with van der Waals surface area (Å²) in [6, 6.07) is 3.45. The molecule has 20 heavy (non-hydrogen) atoms. The SMILES string of the molecule is CC(C)Oc1ccc(NC=O)nc1.CC1CCCCC1. The third-order valence-corrected chi connectivity index (χ3v) is 3.21. The van der Waals surface area contributed by atoms with Crippen molar-refractivity contribution in [3.63, 3.8) is 0 Å². The van der Waals surface area contributed by atoms with Crippen LogP contribution in [0.3, 0.4) is 0 Å². The molecule has 1 aliphatic carbocycles. The molecule has 0 bridgehead atoms. The van der Waals surface area contributed by atoms with E-state index in [4.69, 9.17) is 4.74 Å². The molecule has 0 unspecified atom stereocenters. The molecule has 1 heterocycles. The van der Waals surface area contributed by atoms with E-state index in [0.29, 0.717) is 18.0 Å². The zero-order valence-electron chi connectivity index (χ0n) is 12.8. The zero-order valence-corrected chi connectivity index (χ0v) is 12.8. The number of carbonyl (C=O) groups excluding carboxylic acids is 1. The van der Waals surface area contributed by atoms with E-state index in [1.807, 2.05) is 13.8 Å². The minimum atomic E-state index is 0.131. The highest BCUT2D eigenvalue weighted by molar-refractivity contribution is 5.68. The Morgan fingerprint density at radius 1 is 1.30 bits per heavy atom. The summed E-state index contributed by atoms with van der Waals surface area (Å²) in [6.07, 6.45) is 9.73. The molecule has 0 saturated heterocycles. The number of anilines is 1. The van der Waals surface area contributed by atoms with Crippen LogP contribution in [0.2, 0.25) is 0 Å². The van der Waals surface area contributed by atoms with Crippen LogP contribution in [-0.4, -0.2) is 17.5 Å². The lowest BCUT2D eigenvalue weighted by Crippen LogP contribution is -2.06. The van der Waals surface area contributed by atoms with E-state index in [0.717, 1.165) is 5.92 Å². The number of nitrogens with zero attached hydrogens (tertiary/aromatic N) is 1. The number of carbonyl (C=O) groups is 1. The van der Waals surface area contributed by atoms with Crippen molar-refractivity contribution in [2.75, 3.05) is 5.32 Å². The molecule has 1 amide bonds. The lowest BCUT2D eigenvalue weighted by molar-refractivity contribution is -0.105. The van der Waals surface area contributed by atoms with Gasteiger partial charge in [0.2, 0.25) is 6.41 Å². The minimum absolute atomic E-state index is 0.131. The van der Waals surface area contributed by atoms with Crippen LogP contribution in [-0.2, 0) is 4.79 Å². The average molecular weight is 278 g/mol. The molecule has 2 rings (SSSR count).